The van der Waals surface area contributed by atoms with Crippen molar-refractivity contribution in [3.8, 4) is 0 Å². The van der Waals surface area contributed by atoms with E-state index in [0.29, 0.717) is 18.6 Å². The summed E-state index contributed by atoms with van der Waals surface area (Å²) in [5.41, 5.74) is 4.76. The number of benzene rings is 1. The Balaban J connectivity index is 1.90. The van der Waals surface area contributed by atoms with Gasteiger partial charge in [-0.05, 0) is 70.1 Å². The van der Waals surface area contributed by atoms with Gasteiger partial charge in [0, 0.05) is 30.8 Å². The number of amides is 1. The van der Waals surface area contributed by atoms with E-state index in [1.807, 2.05) is 6.92 Å². The predicted molar refractivity (Wildman–Crippen MR) is 127 cm³/mol. The van der Waals surface area contributed by atoms with Crippen LogP contribution in [0.5, 0.6) is 0 Å². The number of hydrogen-bond acceptors (Lipinski definition) is 6. The van der Waals surface area contributed by atoms with E-state index < -0.39 is 16.8 Å². The van der Waals surface area contributed by atoms with Gasteiger partial charge in [-0.3, -0.25) is 14.5 Å². The lowest BCUT2D eigenvalue weighted by Gasteiger charge is -2.46. The quantitative estimate of drug-likeness (QED) is 0.625. The fourth-order valence-electron chi connectivity index (χ4n) is 5.20. The summed E-state index contributed by atoms with van der Waals surface area (Å²) in [6.45, 7) is 11.8. The third-order valence-electron chi connectivity index (χ3n) is 8.04. The number of carbonyl (C=O) groups excluding carboxylic acids is 2. The van der Waals surface area contributed by atoms with Crippen LogP contribution >= 0.6 is 0 Å². The van der Waals surface area contributed by atoms with Gasteiger partial charge in [-0.15, -0.1) is 0 Å². The van der Waals surface area contributed by atoms with Crippen LogP contribution in [0.4, 0.5) is 10.1 Å². The van der Waals surface area contributed by atoms with E-state index in [1.54, 1.807) is 40.0 Å². The van der Waals surface area contributed by atoms with Gasteiger partial charge in [-0.2, -0.15) is 0 Å². The molecule has 3 atom stereocenters. The van der Waals surface area contributed by atoms with Crippen molar-refractivity contribution in [3.63, 3.8) is 0 Å². The number of esters is 1. The van der Waals surface area contributed by atoms with Crippen LogP contribution < -0.4 is 11.1 Å². The van der Waals surface area contributed by atoms with E-state index in [4.69, 9.17) is 10.5 Å². The molecule has 0 spiro atoms. The Kier molecular flexibility index (Phi) is 6.52. The van der Waals surface area contributed by atoms with E-state index >= 15 is 4.39 Å². The Morgan fingerprint density at radius 3 is 2.58 bits per heavy atom. The van der Waals surface area contributed by atoms with Crippen molar-refractivity contribution in [3.05, 3.63) is 29.6 Å². The summed E-state index contributed by atoms with van der Waals surface area (Å²) in [5, 5.41) is 3.55. The van der Waals surface area contributed by atoms with Gasteiger partial charge in [0.1, 0.15) is 11.4 Å². The number of aliphatic imine (C=N–C) groups is 1. The van der Waals surface area contributed by atoms with Crippen LogP contribution in [0.1, 0.15) is 66.4 Å². The van der Waals surface area contributed by atoms with Crippen molar-refractivity contribution < 1.29 is 18.7 Å². The molecule has 3 unspecified atom stereocenters. The SMILES string of the molecule is CCOC(=O)CC1CCC(Nc2ccc(F)c(C3(C)N=C(N)N(C)C(=O)C3(C)C)c2)C1(C)C. The van der Waals surface area contributed by atoms with Crippen LogP contribution in [0, 0.1) is 22.6 Å². The molecular formula is C25H37FN4O3. The Hall–Kier alpha value is -2.64. The van der Waals surface area contributed by atoms with Gasteiger partial charge in [0.05, 0.1) is 12.0 Å². The highest BCUT2D eigenvalue weighted by molar-refractivity contribution is 6.01. The minimum Gasteiger partial charge on any atom is -0.466 e. The molecule has 3 N–H and O–H groups in total. The Morgan fingerprint density at radius 1 is 1.27 bits per heavy atom. The molecule has 3 rings (SSSR count). The average molecular weight is 461 g/mol. The number of guanidine groups is 1. The van der Waals surface area contributed by atoms with Crippen molar-refractivity contribution in [2.24, 2.45) is 27.5 Å². The van der Waals surface area contributed by atoms with Crippen molar-refractivity contribution in [2.75, 3.05) is 19.0 Å². The second kappa shape index (κ2) is 8.61. The molecule has 182 valence electrons. The van der Waals surface area contributed by atoms with Gasteiger partial charge in [-0.1, -0.05) is 13.8 Å². The van der Waals surface area contributed by atoms with E-state index in [9.17, 15) is 9.59 Å². The lowest BCUT2D eigenvalue weighted by molar-refractivity contribution is -0.145. The minimum absolute atomic E-state index is 0.0679. The Morgan fingerprint density at radius 2 is 1.94 bits per heavy atom. The van der Waals surface area contributed by atoms with Gasteiger partial charge >= 0.3 is 5.97 Å². The first kappa shape index (κ1) is 25.0. The molecule has 1 aromatic carbocycles. The highest BCUT2D eigenvalue weighted by atomic mass is 19.1. The maximum absolute atomic E-state index is 15.1. The van der Waals surface area contributed by atoms with Gasteiger partial charge in [-0.25, -0.2) is 9.38 Å². The second-order valence-corrected chi connectivity index (χ2v) is 10.5. The van der Waals surface area contributed by atoms with Crippen molar-refractivity contribution in [1.29, 1.82) is 0 Å². The van der Waals surface area contributed by atoms with E-state index in [0.717, 1.165) is 18.5 Å². The third-order valence-corrected chi connectivity index (χ3v) is 8.04. The fraction of sp³-hybridized carbons (Fsp3) is 0.640. The first-order valence-corrected chi connectivity index (χ1v) is 11.6. The average Bonchev–Trinajstić information content (AvgIpc) is 3.00. The largest absolute Gasteiger partial charge is 0.466 e. The molecule has 1 fully saturated rings. The number of nitrogens with two attached hydrogens (primary N) is 1. The Bertz CT molecular complexity index is 974. The molecule has 0 aromatic heterocycles. The molecule has 1 aromatic rings. The topological polar surface area (TPSA) is 97.0 Å². The molecule has 2 aliphatic rings. The van der Waals surface area contributed by atoms with Gasteiger partial charge in [0.2, 0.25) is 5.91 Å². The highest BCUT2D eigenvalue weighted by Crippen LogP contribution is 2.49. The lowest BCUT2D eigenvalue weighted by Crippen LogP contribution is -2.58. The third kappa shape index (κ3) is 4.20. The zero-order valence-corrected chi connectivity index (χ0v) is 20.8. The fourth-order valence-corrected chi connectivity index (χ4v) is 5.20. The molecule has 0 radical (unpaired) electrons. The molecule has 1 aliphatic heterocycles. The summed E-state index contributed by atoms with van der Waals surface area (Å²) in [7, 11) is 1.58. The first-order valence-electron chi connectivity index (χ1n) is 11.6. The Labute approximate surface area is 196 Å². The maximum atomic E-state index is 15.1. The number of nitrogens with one attached hydrogen (secondary N) is 1. The summed E-state index contributed by atoms with van der Waals surface area (Å²) in [6, 6.07) is 4.95. The van der Waals surface area contributed by atoms with Crippen LogP contribution in [-0.2, 0) is 19.9 Å². The normalized spacial score (nSPS) is 28.4. The van der Waals surface area contributed by atoms with Crippen LogP contribution in [0.2, 0.25) is 0 Å². The maximum Gasteiger partial charge on any atom is 0.306 e. The smallest absolute Gasteiger partial charge is 0.306 e. The lowest BCUT2D eigenvalue weighted by atomic mass is 9.67. The molecule has 1 aliphatic carbocycles. The van der Waals surface area contributed by atoms with Crippen molar-refractivity contribution >= 4 is 23.5 Å². The van der Waals surface area contributed by atoms with Crippen LogP contribution in [0.15, 0.2) is 23.2 Å². The zero-order chi connectivity index (χ0) is 24.8. The van der Waals surface area contributed by atoms with Crippen LogP contribution in [0.3, 0.4) is 0 Å². The molecular weight excluding hydrogens is 423 g/mol. The monoisotopic (exact) mass is 460 g/mol. The van der Waals surface area contributed by atoms with E-state index in [-0.39, 0.29) is 35.2 Å². The number of rotatable bonds is 6. The molecule has 0 saturated heterocycles. The van der Waals surface area contributed by atoms with Crippen LogP contribution in [0.25, 0.3) is 0 Å². The molecule has 8 heteroatoms. The first-order chi connectivity index (χ1) is 15.3. The summed E-state index contributed by atoms with van der Waals surface area (Å²) in [4.78, 5) is 30.9. The minimum atomic E-state index is -1.17. The van der Waals surface area contributed by atoms with Gasteiger partial charge in [0.25, 0.3) is 0 Å². The summed E-state index contributed by atoms with van der Waals surface area (Å²) < 4.78 is 20.3. The number of carbonyl (C=O) groups is 2. The molecule has 1 saturated carbocycles. The second-order valence-electron chi connectivity index (χ2n) is 10.5. The number of hydrogen-bond donors (Lipinski definition) is 2. The van der Waals surface area contributed by atoms with Crippen LogP contribution in [-0.4, -0.2) is 42.4 Å². The molecule has 7 nitrogen and oxygen atoms in total. The highest BCUT2D eigenvalue weighted by Gasteiger charge is 2.54. The summed E-state index contributed by atoms with van der Waals surface area (Å²) >= 11 is 0. The van der Waals surface area contributed by atoms with Crippen molar-refractivity contribution in [1.82, 2.24) is 4.90 Å². The number of nitrogens with zero attached hydrogens (tertiary/aromatic N) is 2. The van der Waals surface area contributed by atoms with Gasteiger partial charge < -0.3 is 15.8 Å². The number of ether oxygens (including phenoxy) is 1. The summed E-state index contributed by atoms with van der Waals surface area (Å²) in [5.74, 6) is -0.553. The molecule has 1 heterocycles. The van der Waals surface area contributed by atoms with Crippen molar-refractivity contribution in [2.45, 2.75) is 72.4 Å². The summed E-state index contributed by atoms with van der Waals surface area (Å²) in [6.07, 6.45) is 2.19. The zero-order valence-electron chi connectivity index (χ0n) is 20.8. The standard InChI is InChI=1S/C25H37FN4O3/c1-8-33-20(31)13-15-9-12-19(23(15,2)3)28-16-10-11-18(26)17(14-16)25(6)24(4,5)21(32)30(7)22(27)29-25/h10-11,14-15,19,28H,8-9,12-13H2,1-7H3,(H2,27,29). The van der Waals surface area contributed by atoms with E-state index in [2.05, 4.69) is 24.2 Å². The predicted octanol–water partition coefficient (Wildman–Crippen LogP) is 4.02. The molecule has 33 heavy (non-hydrogen) atoms. The molecule has 0 bridgehead atoms. The van der Waals surface area contributed by atoms with Gasteiger partial charge in [0.15, 0.2) is 5.96 Å². The van der Waals surface area contributed by atoms with E-state index in [1.165, 1.54) is 11.0 Å². The molecule has 1 amide bonds. The number of halogens is 1. The number of anilines is 1.